The lowest BCUT2D eigenvalue weighted by molar-refractivity contribution is -0.125. The molecule has 0 N–H and O–H groups in total. The minimum atomic E-state index is 0.193. The second-order valence-corrected chi connectivity index (χ2v) is 4.02. The second kappa shape index (κ2) is 3.02. The predicted molar refractivity (Wildman–Crippen MR) is 51.1 cm³/mol. The third-order valence-corrected chi connectivity index (χ3v) is 2.87. The Kier molecular flexibility index (Phi) is 2.01. The van der Waals surface area contributed by atoms with Gasteiger partial charge in [0.15, 0.2) is 0 Å². The highest BCUT2D eigenvalue weighted by atomic mass is 79.9. The van der Waals surface area contributed by atoms with Crippen LogP contribution in [0.2, 0.25) is 0 Å². The van der Waals surface area contributed by atoms with Gasteiger partial charge in [-0.25, -0.2) is 0 Å². The summed E-state index contributed by atoms with van der Waals surface area (Å²) in [5.41, 5.74) is 1.16. The van der Waals surface area contributed by atoms with Crippen LogP contribution in [0.4, 0.5) is 0 Å². The third kappa shape index (κ3) is 1.31. The zero-order chi connectivity index (χ0) is 8.55. The number of carbonyl (C=O) groups is 1. The fourth-order valence-corrected chi connectivity index (χ4v) is 1.72. The number of Topliss-reactive ketones (excluding diaryl/α,β-unsaturated/α-hetero) is 1. The van der Waals surface area contributed by atoms with Crippen molar-refractivity contribution in [2.24, 2.45) is 0 Å². The molecule has 0 heterocycles. The van der Waals surface area contributed by atoms with Gasteiger partial charge < -0.3 is 0 Å². The molecule has 62 valence electrons. The van der Waals surface area contributed by atoms with Crippen LogP contribution in [0.15, 0.2) is 28.7 Å². The van der Waals surface area contributed by atoms with Crippen LogP contribution in [0.5, 0.6) is 0 Å². The van der Waals surface area contributed by atoms with Crippen LogP contribution in [-0.2, 0) is 4.79 Å². The van der Waals surface area contributed by atoms with Gasteiger partial charge in [-0.1, -0.05) is 28.1 Å². The topological polar surface area (TPSA) is 17.1 Å². The smallest absolute Gasteiger partial charge is 0.140 e. The number of hydrogen-bond donors (Lipinski definition) is 0. The van der Waals surface area contributed by atoms with Crippen molar-refractivity contribution >= 4 is 21.7 Å². The van der Waals surface area contributed by atoms with Crippen molar-refractivity contribution in [3.63, 3.8) is 0 Å². The minimum absolute atomic E-state index is 0.193. The van der Waals surface area contributed by atoms with Crippen LogP contribution in [0.25, 0.3) is 0 Å². The van der Waals surface area contributed by atoms with Crippen LogP contribution in [0, 0.1) is 0 Å². The molecule has 1 nitrogen and oxygen atoms in total. The van der Waals surface area contributed by atoms with Crippen molar-refractivity contribution in [1.82, 2.24) is 0 Å². The molecule has 1 aliphatic rings. The standard InChI is InChI=1S/C10H9BrO/c11-8-3-1-7(2-4-8)9-5-6-10(9)12/h1-4,9H,5-6H2. The van der Waals surface area contributed by atoms with Gasteiger partial charge in [0.25, 0.3) is 0 Å². The van der Waals surface area contributed by atoms with E-state index in [2.05, 4.69) is 15.9 Å². The van der Waals surface area contributed by atoms with Gasteiger partial charge in [0.2, 0.25) is 0 Å². The van der Waals surface area contributed by atoms with E-state index in [1.54, 1.807) is 0 Å². The Balaban J connectivity index is 2.23. The van der Waals surface area contributed by atoms with Gasteiger partial charge in [-0.15, -0.1) is 0 Å². The molecular formula is C10H9BrO. The van der Waals surface area contributed by atoms with Crippen LogP contribution in [0.3, 0.4) is 0 Å². The summed E-state index contributed by atoms with van der Waals surface area (Å²) >= 11 is 3.36. The monoisotopic (exact) mass is 224 g/mol. The quantitative estimate of drug-likeness (QED) is 0.718. The summed E-state index contributed by atoms with van der Waals surface area (Å²) in [6.07, 6.45) is 1.79. The number of rotatable bonds is 1. The van der Waals surface area contributed by atoms with E-state index in [1.165, 1.54) is 0 Å². The molecule has 1 fully saturated rings. The zero-order valence-electron chi connectivity index (χ0n) is 6.59. The van der Waals surface area contributed by atoms with Crippen molar-refractivity contribution in [2.75, 3.05) is 0 Å². The molecule has 1 atom stereocenters. The summed E-state index contributed by atoms with van der Waals surface area (Å²) in [6.45, 7) is 0. The summed E-state index contributed by atoms with van der Waals surface area (Å²) in [5.74, 6) is 0.579. The maximum Gasteiger partial charge on any atom is 0.140 e. The molecule has 1 saturated carbocycles. The maximum absolute atomic E-state index is 11.1. The average molecular weight is 225 g/mol. The van der Waals surface area contributed by atoms with Gasteiger partial charge in [0.1, 0.15) is 5.78 Å². The first-order valence-electron chi connectivity index (χ1n) is 4.05. The van der Waals surface area contributed by atoms with E-state index in [4.69, 9.17) is 0 Å². The van der Waals surface area contributed by atoms with Gasteiger partial charge in [0.05, 0.1) is 0 Å². The Bertz CT molecular complexity index is 302. The first-order valence-corrected chi connectivity index (χ1v) is 4.85. The average Bonchev–Trinajstić information content (AvgIpc) is 2.06. The highest BCUT2D eigenvalue weighted by molar-refractivity contribution is 9.10. The minimum Gasteiger partial charge on any atom is -0.299 e. The molecule has 12 heavy (non-hydrogen) atoms. The van der Waals surface area contributed by atoms with Crippen LogP contribution < -0.4 is 0 Å². The summed E-state index contributed by atoms with van der Waals surface area (Å²) < 4.78 is 1.07. The van der Waals surface area contributed by atoms with Crippen molar-refractivity contribution in [3.8, 4) is 0 Å². The molecule has 2 rings (SSSR count). The zero-order valence-corrected chi connectivity index (χ0v) is 8.17. The van der Waals surface area contributed by atoms with E-state index in [0.29, 0.717) is 5.78 Å². The number of halogens is 1. The summed E-state index contributed by atoms with van der Waals surface area (Å²) in [5, 5.41) is 0. The van der Waals surface area contributed by atoms with E-state index in [0.717, 1.165) is 22.9 Å². The third-order valence-electron chi connectivity index (χ3n) is 2.34. The maximum atomic E-state index is 11.1. The van der Waals surface area contributed by atoms with Crippen molar-refractivity contribution < 1.29 is 4.79 Å². The van der Waals surface area contributed by atoms with Crippen molar-refractivity contribution in [2.45, 2.75) is 18.8 Å². The molecule has 2 heteroatoms. The highest BCUT2D eigenvalue weighted by Gasteiger charge is 2.28. The van der Waals surface area contributed by atoms with Crippen LogP contribution >= 0.6 is 15.9 Å². The van der Waals surface area contributed by atoms with Gasteiger partial charge in [0, 0.05) is 16.8 Å². The molecule has 1 aliphatic carbocycles. The first-order chi connectivity index (χ1) is 5.77. The van der Waals surface area contributed by atoms with Gasteiger partial charge in [-0.05, 0) is 24.1 Å². The van der Waals surface area contributed by atoms with E-state index in [9.17, 15) is 4.79 Å². The Morgan fingerprint density at radius 2 is 1.92 bits per heavy atom. The highest BCUT2D eigenvalue weighted by Crippen LogP contribution is 2.33. The normalized spacial score (nSPS) is 22.1. The van der Waals surface area contributed by atoms with E-state index in [1.807, 2.05) is 24.3 Å². The van der Waals surface area contributed by atoms with E-state index in [-0.39, 0.29) is 5.92 Å². The Morgan fingerprint density at radius 3 is 2.33 bits per heavy atom. The van der Waals surface area contributed by atoms with Gasteiger partial charge in [-0.3, -0.25) is 4.79 Å². The largest absolute Gasteiger partial charge is 0.299 e. The lowest BCUT2D eigenvalue weighted by Gasteiger charge is -2.23. The number of ketones is 1. The SMILES string of the molecule is O=C1CCC1c1ccc(Br)cc1. The molecule has 0 bridgehead atoms. The molecule has 0 aliphatic heterocycles. The van der Waals surface area contributed by atoms with E-state index < -0.39 is 0 Å². The molecule has 0 spiro atoms. The second-order valence-electron chi connectivity index (χ2n) is 3.11. The lowest BCUT2D eigenvalue weighted by Crippen LogP contribution is -2.22. The summed E-state index contributed by atoms with van der Waals surface area (Å²) in [4.78, 5) is 11.1. The molecule has 1 aromatic rings. The number of hydrogen-bond acceptors (Lipinski definition) is 1. The molecule has 0 saturated heterocycles. The Hall–Kier alpha value is -0.630. The first kappa shape index (κ1) is 7.99. The lowest BCUT2D eigenvalue weighted by atomic mass is 9.79. The summed E-state index contributed by atoms with van der Waals surface area (Å²) in [7, 11) is 0. The van der Waals surface area contributed by atoms with Crippen molar-refractivity contribution in [3.05, 3.63) is 34.3 Å². The molecular weight excluding hydrogens is 216 g/mol. The van der Waals surface area contributed by atoms with Crippen LogP contribution in [0.1, 0.15) is 24.3 Å². The van der Waals surface area contributed by atoms with E-state index >= 15 is 0 Å². The number of benzene rings is 1. The Morgan fingerprint density at radius 1 is 1.25 bits per heavy atom. The van der Waals surface area contributed by atoms with Gasteiger partial charge in [-0.2, -0.15) is 0 Å². The molecule has 1 aromatic carbocycles. The summed E-state index contributed by atoms with van der Waals surface area (Å²) in [6, 6.07) is 8.01. The molecule has 0 radical (unpaired) electrons. The molecule has 0 aromatic heterocycles. The number of carbonyl (C=O) groups excluding carboxylic acids is 1. The molecule has 0 amide bonds. The van der Waals surface area contributed by atoms with Crippen LogP contribution in [-0.4, -0.2) is 5.78 Å². The molecule has 1 unspecified atom stereocenters. The van der Waals surface area contributed by atoms with Crippen molar-refractivity contribution in [1.29, 1.82) is 0 Å². The fourth-order valence-electron chi connectivity index (χ4n) is 1.45. The van der Waals surface area contributed by atoms with Gasteiger partial charge >= 0.3 is 0 Å². The Labute approximate surface area is 79.9 Å². The fraction of sp³-hybridized carbons (Fsp3) is 0.300. The predicted octanol–water partition coefficient (Wildman–Crippen LogP) is 2.90.